The number of hydrogen-bond donors (Lipinski definition) is 1. The molecular formula is C14H16N4O3. The number of carbonyl (C=O) groups excluding carboxylic acids is 2. The SMILES string of the molecule is Cc1[nH]ncc1C(=O)N1CCN(C(=O)c2ccco2)CC1. The Morgan fingerprint density at radius 3 is 2.38 bits per heavy atom. The molecule has 0 aromatic carbocycles. The molecule has 1 aliphatic rings. The molecule has 0 atom stereocenters. The molecule has 3 heterocycles. The number of H-pyrrole nitrogens is 1. The largest absolute Gasteiger partial charge is 0.459 e. The first-order chi connectivity index (χ1) is 10.2. The fourth-order valence-corrected chi connectivity index (χ4v) is 2.41. The number of hydrogen-bond acceptors (Lipinski definition) is 4. The fraction of sp³-hybridized carbons (Fsp3) is 0.357. The molecule has 0 spiro atoms. The van der Waals surface area contributed by atoms with Crippen molar-refractivity contribution < 1.29 is 14.0 Å². The Bertz CT molecular complexity index is 639. The summed E-state index contributed by atoms with van der Waals surface area (Å²) >= 11 is 0. The minimum Gasteiger partial charge on any atom is -0.459 e. The van der Waals surface area contributed by atoms with Crippen molar-refractivity contribution in [2.45, 2.75) is 6.92 Å². The Morgan fingerprint density at radius 1 is 1.19 bits per heavy atom. The number of carbonyl (C=O) groups is 2. The van der Waals surface area contributed by atoms with Crippen LogP contribution in [0, 0.1) is 6.92 Å². The highest BCUT2D eigenvalue weighted by Gasteiger charge is 2.27. The molecule has 0 radical (unpaired) electrons. The summed E-state index contributed by atoms with van der Waals surface area (Å²) in [6.45, 7) is 3.84. The second-order valence-corrected chi connectivity index (χ2v) is 4.97. The predicted octanol–water partition coefficient (Wildman–Crippen LogP) is 0.909. The first-order valence-corrected chi connectivity index (χ1v) is 6.79. The summed E-state index contributed by atoms with van der Waals surface area (Å²) in [6.07, 6.45) is 3.02. The van der Waals surface area contributed by atoms with Gasteiger partial charge in [-0.3, -0.25) is 14.7 Å². The molecule has 21 heavy (non-hydrogen) atoms. The number of furan rings is 1. The molecule has 2 aromatic rings. The summed E-state index contributed by atoms with van der Waals surface area (Å²) in [5.41, 5.74) is 1.34. The van der Waals surface area contributed by atoms with E-state index in [1.165, 1.54) is 12.5 Å². The summed E-state index contributed by atoms with van der Waals surface area (Å²) in [4.78, 5) is 27.9. The summed E-state index contributed by atoms with van der Waals surface area (Å²) < 4.78 is 5.11. The Hall–Kier alpha value is -2.57. The van der Waals surface area contributed by atoms with Gasteiger partial charge in [-0.2, -0.15) is 5.10 Å². The van der Waals surface area contributed by atoms with Crippen molar-refractivity contribution in [1.29, 1.82) is 0 Å². The van der Waals surface area contributed by atoms with E-state index in [0.29, 0.717) is 37.5 Å². The fourth-order valence-electron chi connectivity index (χ4n) is 2.41. The van der Waals surface area contributed by atoms with Crippen LogP contribution in [0.5, 0.6) is 0 Å². The maximum absolute atomic E-state index is 12.3. The second-order valence-electron chi connectivity index (χ2n) is 4.97. The van der Waals surface area contributed by atoms with Gasteiger partial charge in [0.1, 0.15) is 0 Å². The molecule has 0 bridgehead atoms. The van der Waals surface area contributed by atoms with Crippen molar-refractivity contribution in [3.63, 3.8) is 0 Å². The van der Waals surface area contributed by atoms with Crippen LogP contribution < -0.4 is 0 Å². The van der Waals surface area contributed by atoms with Crippen LogP contribution in [0.3, 0.4) is 0 Å². The van der Waals surface area contributed by atoms with Crippen LogP contribution in [0.1, 0.15) is 26.6 Å². The van der Waals surface area contributed by atoms with Crippen molar-refractivity contribution in [3.8, 4) is 0 Å². The molecular weight excluding hydrogens is 272 g/mol. The van der Waals surface area contributed by atoms with Gasteiger partial charge in [0.2, 0.25) is 0 Å². The average Bonchev–Trinajstić information content (AvgIpc) is 3.17. The number of nitrogens with one attached hydrogen (secondary N) is 1. The van der Waals surface area contributed by atoms with Crippen molar-refractivity contribution in [3.05, 3.63) is 41.6 Å². The molecule has 1 saturated heterocycles. The van der Waals surface area contributed by atoms with Gasteiger partial charge < -0.3 is 14.2 Å². The molecule has 2 aromatic heterocycles. The van der Waals surface area contributed by atoms with E-state index in [1.54, 1.807) is 21.9 Å². The molecule has 0 unspecified atom stereocenters. The first-order valence-electron chi connectivity index (χ1n) is 6.79. The maximum Gasteiger partial charge on any atom is 0.289 e. The monoisotopic (exact) mass is 288 g/mol. The van der Waals surface area contributed by atoms with Gasteiger partial charge in [-0.05, 0) is 19.1 Å². The van der Waals surface area contributed by atoms with Crippen molar-refractivity contribution >= 4 is 11.8 Å². The summed E-state index contributed by atoms with van der Waals surface area (Å²) in [6, 6.07) is 3.34. The normalized spacial score (nSPS) is 15.3. The number of amides is 2. The molecule has 1 aliphatic heterocycles. The zero-order valence-electron chi connectivity index (χ0n) is 11.7. The number of aromatic nitrogens is 2. The zero-order chi connectivity index (χ0) is 14.8. The summed E-state index contributed by atoms with van der Waals surface area (Å²) in [5.74, 6) is 0.151. The number of nitrogens with zero attached hydrogens (tertiary/aromatic N) is 3. The van der Waals surface area contributed by atoms with Gasteiger partial charge in [-0.1, -0.05) is 0 Å². The van der Waals surface area contributed by atoms with Crippen LogP contribution in [0.25, 0.3) is 0 Å². The lowest BCUT2D eigenvalue weighted by atomic mass is 10.2. The van der Waals surface area contributed by atoms with Crippen LogP contribution in [-0.4, -0.2) is 58.0 Å². The van der Waals surface area contributed by atoms with Gasteiger partial charge >= 0.3 is 0 Å². The molecule has 7 nitrogen and oxygen atoms in total. The van der Waals surface area contributed by atoms with E-state index in [1.807, 2.05) is 6.92 Å². The van der Waals surface area contributed by atoms with Crippen molar-refractivity contribution in [1.82, 2.24) is 20.0 Å². The van der Waals surface area contributed by atoms with Crippen LogP contribution in [0.2, 0.25) is 0 Å². The first kappa shape index (κ1) is 13.4. The quantitative estimate of drug-likeness (QED) is 0.890. The molecule has 1 N–H and O–H groups in total. The van der Waals surface area contributed by atoms with Gasteiger partial charge in [-0.15, -0.1) is 0 Å². The predicted molar refractivity (Wildman–Crippen MR) is 73.8 cm³/mol. The number of rotatable bonds is 2. The lowest BCUT2D eigenvalue weighted by Gasteiger charge is -2.34. The molecule has 2 amide bonds. The smallest absolute Gasteiger partial charge is 0.289 e. The molecule has 0 saturated carbocycles. The number of aryl methyl sites for hydroxylation is 1. The van der Waals surface area contributed by atoms with E-state index in [9.17, 15) is 9.59 Å². The standard InChI is InChI=1S/C14H16N4O3/c1-10-11(9-15-16-10)13(19)17-4-6-18(7-5-17)14(20)12-3-2-8-21-12/h2-3,8-9H,4-7H2,1H3,(H,15,16). The molecule has 0 aliphatic carbocycles. The van der Waals surface area contributed by atoms with Gasteiger partial charge in [0.05, 0.1) is 18.0 Å². The van der Waals surface area contributed by atoms with E-state index >= 15 is 0 Å². The number of aromatic amines is 1. The second kappa shape index (κ2) is 5.43. The highest BCUT2D eigenvalue weighted by molar-refractivity contribution is 5.95. The van der Waals surface area contributed by atoms with Crippen LogP contribution in [0.15, 0.2) is 29.0 Å². The van der Waals surface area contributed by atoms with Crippen LogP contribution in [0.4, 0.5) is 0 Å². The topological polar surface area (TPSA) is 82.4 Å². The van der Waals surface area contributed by atoms with Gasteiger partial charge in [-0.25, -0.2) is 0 Å². The van der Waals surface area contributed by atoms with Crippen LogP contribution in [-0.2, 0) is 0 Å². The number of piperazine rings is 1. The molecule has 110 valence electrons. The van der Waals surface area contributed by atoms with Crippen molar-refractivity contribution in [2.24, 2.45) is 0 Å². The third kappa shape index (κ3) is 2.54. The third-order valence-corrected chi connectivity index (χ3v) is 3.65. The third-order valence-electron chi connectivity index (χ3n) is 3.65. The van der Waals surface area contributed by atoms with Crippen molar-refractivity contribution in [2.75, 3.05) is 26.2 Å². The minimum atomic E-state index is -0.133. The minimum absolute atomic E-state index is 0.0497. The highest BCUT2D eigenvalue weighted by atomic mass is 16.3. The summed E-state index contributed by atoms with van der Waals surface area (Å²) in [7, 11) is 0. The Morgan fingerprint density at radius 2 is 1.86 bits per heavy atom. The van der Waals surface area contributed by atoms with E-state index < -0.39 is 0 Å². The highest BCUT2D eigenvalue weighted by Crippen LogP contribution is 2.13. The molecule has 7 heteroatoms. The lowest BCUT2D eigenvalue weighted by molar-refractivity contribution is 0.0517. The molecule has 1 fully saturated rings. The Kier molecular flexibility index (Phi) is 3.47. The zero-order valence-corrected chi connectivity index (χ0v) is 11.7. The van der Waals surface area contributed by atoms with E-state index in [0.717, 1.165) is 5.69 Å². The van der Waals surface area contributed by atoms with E-state index in [2.05, 4.69) is 10.2 Å². The summed E-state index contributed by atoms with van der Waals surface area (Å²) in [5, 5.41) is 6.62. The van der Waals surface area contributed by atoms with Gasteiger partial charge in [0.25, 0.3) is 11.8 Å². The van der Waals surface area contributed by atoms with Crippen LogP contribution >= 0.6 is 0 Å². The van der Waals surface area contributed by atoms with Gasteiger partial charge in [0.15, 0.2) is 5.76 Å². The van der Waals surface area contributed by atoms with E-state index in [-0.39, 0.29) is 11.8 Å². The average molecular weight is 288 g/mol. The Labute approximate surface area is 121 Å². The molecule has 3 rings (SSSR count). The lowest BCUT2D eigenvalue weighted by Crippen LogP contribution is -2.50. The Balaban J connectivity index is 1.62. The van der Waals surface area contributed by atoms with E-state index in [4.69, 9.17) is 4.42 Å². The van der Waals surface area contributed by atoms with Gasteiger partial charge in [0, 0.05) is 31.9 Å². The maximum atomic E-state index is 12.3.